The Bertz CT molecular complexity index is 1030. The van der Waals surface area contributed by atoms with Crippen LogP contribution in [0.15, 0.2) is 54.6 Å². The minimum Gasteiger partial charge on any atom is -0.494 e. The minimum absolute atomic E-state index is 0.140. The van der Waals surface area contributed by atoms with Gasteiger partial charge in [-0.1, -0.05) is 30.3 Å². The van der Waals surface area contributed by atoms with Gasteiger partial charge in [-0.2, -0.15) is 0 Å². The summed E-state index contributed by atoms with van der Waals surface area (Å²) in [6, 6.07) is 18.9. The summed E-state index contributed by atoms with van der Waals surface area (Å²) in [5.74, 6) is 2.00. The predicted octanol–water partition coefficient (Wildman–Crippen LogP) is 5.15. The summed E-state index contributed by atoms with van der Waals surface area (Å²) in [7, 11) is 0. The van der Waals surface area contributed by atoms with Gasteiger partial charge in [0.2, 0.25) is 0 Å². The van der Waals surface area contributed by atoms with Crippen LogP contribution in [0.25, 0.3) is 10.9 Å². The molecule has 0 aliphatic carbocycles. The molecule has 4 nitrogen and oxygen atoms in total. The first kappa shape index (κ1) is 19.4. The van der Waals surface area contributed by atoms with Gasteiger partial charge in [0, 0.05) is 29.9 Å². The molecule has 3 aromatic rings. The summed E-state index contributed by atoms with van der Waals surface area (Å²) < 4.78 is 7.84. The van der Waals surface area contributed by atoms with Gasteiger partial charge in [0.05, 0.1) is 12.3 Å². The third kappa shape index (κ3) is 3.77. The van der Waals surface area contributed by atoms with E-state index in [9.17, 15) is 4.79 Å². The van der Waals surface area contributed by atoms with Gasteiger partial charge in [0.1, 0.15) is 5.75 Å². The number of fused-ring (bicyclic) bond motifs is 3. The number of carbonyl (C=O) groups is 1. The molecular weight excluding hydrogens is 372 g/mol. The highest BCUT2D eigenvalue weighted by Gasteiger charge is 2.34. The third-order valence-electron chi connectivity index (χ3n) is 6.78. The zero-order chi connectivity index (χ0) is 20.5. The van der Waals surface area contributed by atoms with Crippen molar-refractivity contribution >= 4 is 16.7 Å². The number of benzene rings is 2. The molecule has 156 valence electrons. The number of piperidine rings is 1. The molecule has 0 N–H and O–H groups in total. The lowest BCUT2D eigenvalue weighted by Gasteiger charge is -2.32. The van der Waals surface area contributed by atoms with Crippen LogP contribution in [0.3, 0.4) is 0 Å². The fourth-order valence-corrected chi connectivity index (χ4v) is 5.22. The molecule has 0 radical (unpaired) electrons. The van der Waals surface area contributed by atoms with Gasteiger partial charge >= 0.3 is 0 Å². The molecule has 4 heteroatoms. The van der Waals surface area contributed by atoms with Crippen molar-refractivity contribution in [3.05, 3.63) is 65.9 Å². The molecule has 2 aliphatic rings. The summed E-state index contributed by atoms with van der Waals surface area (Å²) in [4.78, 5) is 15.6. The topological polar surface area (TPSA) is 34.5 Å². The van der Waals surface area contributed by atoms with Crippen LogP contribution in [-0.2, 0) is 13.1 Å². The second-order valence-electron chi connectivity index (χ2n) is 8.80. The molecule has 5 rings (SSSR count). The van der Waals surface area contributed by atoms with E-state index < -0.39 is 0 Å². The Kier molecular flexibility index (Phi) is 5.34. The average molecular weight is 403 g/mol. The summed E-state index contributed by atoms with van der Waals surface area (Å²) in [5.41, 5.74) is 3.42. The maximum absolute atomic E-state index is 13.1. The first-order chi connectivity index (χ1) is 14.7. The largest absolute Gasteiger partial charge is 0.494 e. The Balaban J connectivity index is 1.20. The third-order valence-corrected chi connectivity index (χ3v) is 6.78. The van der Waals surface area contributed by atoms with Gasteiger partial charge in [-0.3, -0.25) is 9.69 Å². The molecule has 0 spiro atoms. The van der Waals surface area contributed by atoms with Crippen LogP contribution < -0.4 is 4.74 Å². The average Bonchev–Trinajstić information content (AvgIpc) is 3.26. The van der Waals surface area contributed by atoms with Crippen LogP contribution in [0.4, 0.5) is 0 Å². The molecule has 0 bridgehead atoms. The van der Waals surface area contributed by atoms with E-state index in [-0.39, 0.29) is 5.92 Å². The maximum atomic E-state index is 13.1. The second kappa shape index (κ2) is 8.27. The molecule has 1 atom stereocenters. The van der Waals surface area contributed by atoms with Crippen LogP contribution in [0.5, 0.6) is 5.75 Å². The fraction of sp³-hybridized carbons (Fsp3) is 0.423. The van der Waals surface area contributed by atoms with E-state index >= 15 is 0 Å². The quantitative estimate of drug-likeness (QED) is 0.571. The number of aromatic nitrogens is 1. The van der Waals surface area contributed by atoms with E-state index in [1.807, 2.05) is 13.0 Å². The van der Waals surface area contributed by atoms with Crippen molar-refractivity contribution in [1.82, 2.24) is 9.47 Å². The van der Waals surface area contributed by atoms with Crippen molar-refractivity contribution < 1.29 is 9.53 Å². The van der Waals surface area contributed by atoms with E-state index in [0.29, 0.717) is 18.3 Å². The Hall–Kier alpha value is -2.59. The van der Waals surface area contributed by atoms with Crippen LogP contribution in [0.1, 0.15) is 42.2 Å². The lowest BCUT2D eigenvalue weighted by Crippen LogP contribution is -2.34. The molecule has 2 aliphatic heterocycles. The van der Waals surface area contributed by atoms with Crippen molar-refractivity contribution in [3.8, 4) is 5.75 Å². The maximum Gasteiger partial charge on any atom is 0.184 e. The zero-order valence-corrected chi connectivity index (χ0v) is 17.7. The molecule has 1 fully saturated rings. The van der Waals surface area contributed by atoms with Gasteiger partial charge in [-0.25, -0.2) is 0 Å². The highest BCUT2D eigenvalue weighted by molar-refractivity contribution is 6.03. The Morgan fingerprint density at radius 2 is 1.83 bits per heavy atom. The van der Waals surface area contributed by atoms with E-state index in [0.717, 1.165) is 54.9 Å². The van der Waals surface area contributed by atoms with E-state index in [1.54, 1.807) is 0 Å². The first-order valence-corrected chi connectivity index (χ1v) is 11.3. The molecule has 0 saturated carbocycles. The number of carbonyl (C=O) groups excluding carboxylic acids is 1. The van der Waals surface area contributed by atoms with Crippen molar-refractivity contribution in [2.45, 2.75) is 39.3 Å². The number of likely N-dealkylation sites (tertiary alicyclic amines) is 1. The Labute approximate surface area is 178 Å². The number of rotatable bonds is 6. The molecule has 1 aromatic heterocycles. The number of ketones is 1. The number of Topliss-reactive ketones (excluding diaryl/α,β-unsaturated/α-hetero) is 1. The number of hydrogen-bond acceptors (Lipinski definition) is 3. The standard InChI is InChI=1S/C26H30N2O2/c1-2-30-23-8-9-24-21(15-23)16-25-26(29)22(18-28(24)25)14-19-10-12-27(13-11-19)17-20-6-4-3-5-7-20/h3-9,15-16,19,22H,2,10-14,17-18H2,1H3. The van der Waals surface area contributed by atoms with E-state index in [4.69, 9.17) is 4.74 Å². The van der Waals surface area contributed by atoms with Crippen LogP contribution >= 0.6 is 0 Å². The van der Waals surface area contributed by atoms with Crippen molar-refractivity contribution in [2.24, 2.45) is 11.8 Å². The summed E-state index contributed by atoms with van der Waals surface area (Å²) in [5, 5.41) is 1.11. The Morgan fingerprint density at radius 3 is 2.60 bits per heavy atom. The van der Waals surface area contributed by atoms with Gasteiger partial charge in [0.15, 0.2) is 5.78 Å². The fourth-order valence-electron chi connectivity index (χ4n) is 5.22. The van der Waals surface area contributed by atoms with Crippen LogP contribution in [0, 0.1) is 11.8 Å². The van der Waals surface area contributed by atoms with Gasteiger partial charge < -0.3 is 9.30 Å². The van der Waals surface area contributed by atoms with Gasteiger partial charge in [-0.05, 0) is 75.0 Å². The van der Waals surface area contributed by atoms with Crippen LogP contribution in [-0.4, -0.2) is 34.9 Å². The smallest absolute Gasteiger partial charge is 0.184 e. The number of nitrogens with zero attached hydrogens (tertiary/aromatic N) is 2. The second-order valence-corrected chi connectivity index (χ2v) is 8.80. The van der Waals surface area contributed by atoms with Gasteiger partial charge in [-0.15, -0.1) is 0 Å². The highest BCUT2D eigenvalue weighted by Crippen LogP contribution is 2.35. The highest BCUT2D eigenvalue weighted by atomic mass is 16.5. The summed E-state index contributed by atoms with van der Waals surface area (Å²) >= 11 is 0. The SMILES string of the molecule is CCOc1ccc2c(c1)cc1n2CC(CC2CCN(Cc3ccccc3)CC2)C1=O. The summed E-state index contributed by atoms with van der Waals surface area (Å²) in [6.07, 6.45) is 3.42. The molecule has 1 saturated heterocycles. The van der Waals surface area contributed by atoms with E-state index in [2.05, 4.69) is 58.0 Å². The molecule has 30 heavy (non-hydrogen) atoms. The molecule has 1 unspecified atom stereocenters. The molecule has 0 amide bonds. The monoisotopic (exact) mass is 402 g/mol. The molecular formula is C26H30N2O2. The molecule has 3 heterocycles. The lowest BCUT2D eigenvalue weighted by molar-refractivity contribution is 0.0894. The Morgan fingerprint density at radius 1 is 1.03 bits per heavy atom. The number of hydrogen-bond donors (Lipinski definition) is 0. The normalized spacial score (nSPS) is 20.0. The number of ether oxygens (including phenoxy) is 1. The predicted molar refractivity (Wildman–Crippen MR) is 120 cm³/mol. The summed E-state index contributed by atoms with van der Waals surface area (Å²) in [6.45, 7) is 6.78. The minimum atomic E-state index is 0.140. The van der Waals surface area contributed by atoms with Gasteiger partial charge in [0.25, 0.3) is 0 Å². The van der Waals surface area contributed by atoms with Crippen LogP contribution in [0.2, 0.25) is 0 Å². The van der Waals surface area contributed by atoms with Crippen molar-refractivity contribution in [1.29, 1.82) is 0 Å². The van der Waals surface area contributed by atoms with Crippen molar-refractivity contribution in [3.63, 3.8) is 0 Å². The van der Waals surface area contributed by atoms with Crippen molar-refractivity contribution in [2.75, 3.05) is 19.7 Å². The zero-order valence-electron chi connectivity index (χ0n) is 17.7. The molecule has 2 aromatic carbocycles. The lowest BCUT2D eigenvalue weighted by atomic mass is 9.85. The first-order valence-electron chi connectivity index (χ1n) is 11.3. The van der Waals surface area contributed by atoms with E-state index in [1.165, 1.54) is 18.4 Å².